The van der Waals surface area contributed by atoms with E-state index in [4.69, 9.17) is 23.7 Å². The molecular weight excluding hydrogens is 718 g/mol. The van der Waals surface area contributed by atoms with Crippen LogP contribution in [0.15, 0.2) is 78.9 Å². The number of alkyl carbamates (subject to hydrolysis) is 1. The summed E-state index contributed by atoms with van der Waals surface area (Å²) in [6.07, 6.45) is -3.39. The second-order valence-corrected chi connectivity index (χ2v) is 15.3. The van der Waals surface area contributed by atoms with Gasteiger partial charge in [-0.1, -0.05) is 66.7 Å². The van der Waals surface area contributed by atoms with Gasteiger partial charge in [-0.3, -0.25) is 19.3 Å². The second kappa shape index (κ2) is 19.7. The molecule has 13 nitrogen and oxygen atoms in total. The number of ether oxygens (including phenoxy) is 5. The van der Waals surface area contributed by atoms with Gasteiger partial charge in [-0.2, -0.15) is 0 Å². The third-order valence-corrected chi connectivity index (χ3v) is 9.70. The van der Waals surface area contributed by atoms with Crippen molar-refractivity contribution in [3.8, 4) is 5.75 Å². The lowest BCUT2D eigenvalue weighted by Crippen LogP contribution is -2.49. The number of fused-ring (bicyclic) bond motifs is 1. The molecule has 6 atom stereocenters. The van der Waals surface area contributed by atoms with Crippen molar-refractivity contribution in [1.82, 2.24) is 15.5 Å². The van der Waals surface area contributed by atoms with E-state index in [0.29, 0.717) is 36.7 Å². The van der Waals surface area contributed by atoms with E-state index in [1.54, 1.807) is 45.0 Å². The summed E-state index contributed by atoms with van der Waals surface area (Å²) < 4.78 is 28.3. The Labute approximate surface area is 329 Å². The smallest absolute Gasteiger partial charge is 0.407 e. The van der Waals surface area contributed by atoms with Gasteiger partial charge in [0.1, 0.15) is 18.0 Å². The van der Waals surface area contributed by atoms with E-state index in [2.05, 4.69) is 15.5 Å². The second-order valence-electron chi connectivity index (χ2n) is 15.3. The Bertz CT molecular complexity index is 1760. The van der Waals surface area contributed by atoms with Crippen LogP contribution in [-0.4, -0.2) is 97.3 Å². The summed E-state index contributed by atoms with van der Waals surface area (Å²) in [7, 11) is 0. The number of aliphatic hydroxyl groups is 1. The van der Waals surface area contributed by atoms with Crippen LogP contribution in [0.3, 0.4) is 0 Å². The van der Waals surface area contributed by atoms with Gasteiger partial charge < -0.3 is 39.4 Å². The molecule has 3 N–H and O–H groups in total. The first kappa shape index (κ1) is 42.2. The molecule has 0 bridgehead atoms. The maximum Gasteiger partial charge on any atom is 0.407 e. The molecule has 1 heterocycles. The van der Waals surface area contributed by atoms with Crippen molar-refractivity contribution in [2.24, 2.45) is 5.92 Å². The Morgan fingerprint density at radius 2 is 1.46 bits per heavy atom. The lowest BCUT2D eigenvalue weighted by Gasteiger charge is -2.30. The van der Waals surface area contributed by atoms with Crippen LogP contribution in [-0.2, 0) is 46.2 Å². The molecule has 2 aliphatic rings. The molecule has 56 heavy (non-hydrogen) atoms. The van der Waals surface area contributed by atoms with Crippen LogP contribution in [0, 0.1) is 5.92 Å². The van der Waals surface area contributed by atoms with Crippen LogP contribution in [0.1, 0.15) is 75.4 Å². The molecule has 13 heteroatoms. The highest BCUT2D eigenvalue weighted by Gasteiger charge is 2.46. The number of amides is 2. The zero-order valence-corrected chi connectivity index (χ0v) is 32.9. The molecule has 3 aromatic carbocycles. The third kappa shape index (κ3) is 12.5. The van der Waals surface area contributed by atoms with Gasteiger partial charge in [-0.25, -0.2) is 4.79 Å². The first-order chi connectivity index (χ1) is 26.8. The van der Waals surface area contributed by atoms with Crippen molar-refractivity contribution in [2.45, 2.75) is 89.9 Å². The molecular formula is C43H55N3O10. The number of hydrogen-bond donors (Lipinski definition) is 3. The van der Waals surface area contributed by atoms with Gasteiger partial charge in [0, 0.05) is 45.0 Å². The zero-order valence-electron chi connectivity index (χ0n) is 32.9. The maximum absolute atomic E-state index is 14.5. The highest BCUT2D eigenvalue weighted by atomic mass is 16.6. The largest absolute Gasteiger partial charge is 0.492 e. The monoisotopic (exact) mass is 773 g/mol. The van der Waals surface area contributed by atoms with E-state index < -0.39 is 65.9 Å². The van der Waals surface area contributed by atoms with Crippen LogP contribution < -0.4 is 15.4 Å². The summed E-state index contributed by atoms with van der Waals surface area (Å²) in [6.45, 7) is 12.3. The normalized spacial score (nSPS) is 19.8. The maximum atomic E-state index is 14.5. The van der Waals surface area contributed by atoms with Crippen molar-refractivity contribution in [1.29, 1.82) is 0 Å². The topological polar surface area (TPSA) is 162 Å². The number of esters is 2. The molecule has 1 fully saturated rings. The van der Waals surface area contributed by atoms with Crippen LogP contribution in [0.5, 0.6) is 5.75 Å². The summed E-state index contributed by atoms with van der Waals surface area (Å²) >= 11 is 0. The summed E-state index contributed by atoms with van der Waals surface area (Å²) in [5.74, 6) is -1.72. The predicted octanol–water partition coefficient (Wildman–Crippen LogP) is 4.85. The number of benzene rings is 3. The third-order valence-electron chi connectivity index (χ3n) is 9.70. The quantitative estimate of drug-likeness (QED) is 0.135. The molecule has 0 aromatic heterocycles. The molecule has 1 saturated heterocycles. The van der Waals surface area contributed by atoms with Gasteiger partial charge in [0.2, 0.25) is 5.91 Å². The van der Waals surface area contributed by atoms with E-state index in [1.807, 2.05) is 54.6 Å². The molecule has 1 aliphatic heterocycles. The number of carbonyl (C=O) groups is 4. The van der Waals surface area contributed by atoms with Crippen molar-refractivity contribution in [2.75, 3.05) is 39.5 Å². The molecule has 0 radical (unpaired) electrons. The summed E-state index contributed by atoms with van der Waals surface area (Å²) in [5.41, 5.74) is 2.18. The fraction of sp³-hybridized carbons (Fsp3) is 0.488. The average Bonchev–Trinajstić information content (AvgIpc) is 3.41. The Hall–Kier alpha value is -4.98. The van der Waals surface area contributed by atoms with Crippen molar-refractivity contribution < 1.29 is 48.0 Å². The fourth-order valence-electron chi connectivity index (χ4n) is 7.12. The van der Waals surface area contributed by atoms with Crippen LogP contribution >= 0.6 is 0 Å². The highest BCUT2D eigenvalue weighted by molar-refractivity contribution is 5.80. The number of nitrogens with zero attached hydrogens (tertiary/aromatic N) is 1. The van der Waals surface area contributed by atoms with Crippen LogP contribution in [0.25, 0.3) is 0 Å². The highest BCUT2D eigenvalue weighted by Crippen LogP contribution is 2.43. The van der Waals surface area contributed by atoms with Gasteiger partial charge in [-0.05, 0) is 68.9 Å². The standard InChI is InChI=1S/C43H55N3O10/c1-28(47)54-39-35-14-10-9-13-34(35)38(40(39)55-29(2)48)45-41(50)32(25-31-15-17-33(18-16-31)53-24-21-46-19-22-52-23-20-46)27-37(49)36(26-30-11-7-6-8-12-30)44-42(51)56-43(3,4)5/h6-18,32,36-40,49H,19-27H2,1-5H3,(H,44,51)(H,45,50)/t32-,36+,37+,38+,39-,40+/m1/s1. The Morgan fingerprint density at radius 1 is 0.839 bits per heavy atom. The van der Waals surface area contributed by atoms with Gasteiger partial charge in [0.05, 0.1) is 31.4 Å². The minimum Gasteiger partial charge on any atom is -0.492 e. The Balaban J connectivity index is 1.39. The predicted molar refractivity (Wildman–Crippen MR) is 208 cm³/mol. The minimum absolute atomic E-state index is 0.0447. The lowest BCUT2D eigenvalue weighted by molar-refractivity contribution is -0.167. The number of nitrogens with one attached hydrogen (secondary N) is 2. The molecule has 0 saturated carbocycles. The van der Waals surface area contributed by atoms with Gasteiger partial charge >= 0.3 is 18.0 Å². The molecule has 0 spiro atoms. The molecule has 302 valence electrons. The van der Waals surface area contributed by atoms with Gasteiger partial charge in [0.25, 0.3) is 0 Å². The average molecular weight is 774 g/mol. The van der Waals surface area contributed by atoms with Gasteiger partial charge in [0.15, 0.2) is 12.2 Å². The molecule has 3 aromatic rings. The van der Waals surface area contributed by atoms with E-state index >= 15 is 0 Å². The molecule has 5 rings (SSSR count). The minimum atomic E-state index is -1.19. The Kier molecular flexibility index (Phi) is 14.9. The van der Waals surface area contributed by atoms with Gasteiger partial charge in [-0.15, -0.1) is 0 Å². The summed E-state index contributed by atoms with van der Waals surface area (Å²) in [6, 6.07) is 22.4. The number of morpholine rings is 1. The molecule has 2 amide bonds. The van der Waals surface area contributed by atoms with Crippen LogP contribution in [0.2, 0.25) is 0 Å². The lowest BCUT2D eigenvalue weighted by atomic mass is 9.88. The number of rotatable bonds is 16. The fourth-order valence-corrected chi connectivity index (χ4v) is 7.12. The van der Waals surface area contributed by atoms with E-state index in [1.165, 1.54) is 13.8 Å². The van der Waals surface area contributed by atoms with Crippen molar-refractivity contribution in [3.63, 3.8) is 0 Å². The van der Waals surface area contributed by atoms with E-state index in [-0.39, 0.29) is 19.3 Å². The van der Waals surface area contributed by atoms with E-state index in [9.17, 15) is 24.3 Å². The number of hydrogen-bond acceptors (Lipinski definition) is 11. The van der Waals surface area contributed by atoms with Crippen molar-refractivity contribution in [3.05, 3.63) is 101 Å². The summed E-state index contributed by atoms with van der Waals surface area (Å²) in [5, 5.41) is 17.8. The summed E-state index contributed by atoms with van der Waals surface area (Å²) in [4.78, 5) is 54.4. The Morgan fingerprint density at radius 3 is 2.11 bits per heavy atom. The van der Waals surface area contributed by atoms with Crippen LogP contribution in [0.4, 0.5) is 4.79 Å². The number of carbonyl (C=O) groups excluding carboxylic acids is 4. The molecule has 1 aliphatic carbocycles. The first-order valence-electron chi connectivity index (χ1n) is 19.2. The van der Waals surface area contributed by atoms with E-state index in [0.717, 1.165) is 30.8 Å². The SMILES string of the molecule is CC(=O)O[C@@H]1[C@H](OC(C)=O)c2ccccc2[C@@H]1NC(=O)[C@H](Cc1ccc(OCCN2CCOCC2)cc1)C[C@H](O)[C@H](Cc1ccccc1)NC(=O)OC(C)(C)C. The van der Waals surface area contributed by atoms with Crippen molar-refractivity contribution >= 4 is 23.9 Å². The number of aliphatic hydroxyl groups excluding tert-OH is 1. The first-order valence-corrected chi connectivity index (χ1v) is 19.2. The zero-order chi connectivity index (χ0) is 40.2. The molecule has 0 unspecified atom stereocenters.